The number of amides is 1. The van der Waals surface area contributed by atoms with Crippen molar-refractivity contribution in [1.82, 2.24) is 9.97 Å². The van der Waals surface area contributed by atoms with Gasteiger partial charge in [-0.3, -0.25) is 4.79 Å². The summed E-state index contributed by atoms with van der Waals surface area (Å²) in [5, 5.41) is 11.8. The number of hydrogen-bond acceptors (Lipinski definition) is 6. The van der Waals surface area contributed by atoms with E-state index in [9.17, 15) is 4.79 Å². The standard InChI is InChI=1S/C18H19N5O2/c1-12-16(22-17(24)15-5-3-4-14(10-15)11-19)13(2)21-18(20-12)23-6-8-25-9-7-23/h3-5,10H,6-9H2,1-2H3,(H,22,24). The Kier molecular flexibility index (Phi) is 4.91. The third kappa shape index (κ3) is 3.75. The summed E-state index contributed by atoms with van der Waals surface area (Å²) in [7, 11) is 0. The van der Waals surface area contributed by atoms with Crippen LogP contribution < -0.4 is 10.2 Å². The SMILES string of the molecule is Cc1nc(N2CCOCC2)nc(C)c1NC(=O)c1cccc(C#N)c1. The van der Waals surface area contributed by atoms with Crippen LogP contribution in [0.25, 0.3) is 0 Å². The summed E-state index contributed by atoms with van der Waals surface area (Å²) in [5.74, 6) is 0.369. The molecule has 0 unspecified atom stereocenters. The molecule has 0 spiro atoms. The molecule has 7 heteroatoms. The Bertz CT molecular complexity index is 815. The minimum atomic E-state index is -0.286. The van der Waals surface area contributed by atoms with Gasteiger partial charge in [0.05, 0.1) is 41.9 Å². The first-order chi connectivity index (χ1) is 12.1. The number of nitrogens with one attached hydrogen (secondary N) is 1. The predicted molar refractivity (Wildman–Crippen MR) is 93.6 cm³/mol. The number of rotatable bonds is 3. The van der Waals surface area contributed by atoms with Gasteiger partial charge in [0.2, 0.25) is 5.95 Å². The fourth-order valence-corrected chi connectivity index (χ4v) is 2.70. The van der Waals surface area contributed by atoms with Gasteiger partial charge in [-0.25, -0.2) is 9.97 Å². The van der Waals surface area contributed by atoms with E-state index in [0.717, 1.165) is 13.1 Å². The number of aromatic nitrogens is 2. The first-order valence-corrected chi connectivity index (χ1v) is 8.08. The molecule has 128 valence electrons. The summed E-state index contributed by atoms with van der Waals surface area (Å²) in [4.78, 5) is 23.6. The number of nitriles is 1. The van der Waals surface area contributed by atoms with Crippen LogP contribution in [-0.2, 0) is 4.74 Å². The van der Waals surface area contributed by atoms with Crippen molar-refractivity contribution in [2.75, 3.05) is 36.5 Å². The first-order valence-electron chi connectivity index (χ1n) is 8.08. The lowest BCUT2D eigenvalue weighted by atomic mass is 10.1. The molecule has 1 aliphatic rings. The Morgan fingerprint density at radius 3 is 2.56 bits per heavy atom. The highest BCUT2D eigenvalue weighted by Gasteiger charge is 2.18. The van der Waals surface area contributed by atoms with Crippen LogP contribution in [0.2, 0.25) is 0 Å². The predicted octanol–water partition coefficient (Wildman–Crippen LogP) is 2.05. The van der Waals surface area contributed by atoms with E-state index in [1.54, 1.807) is 24.3 Å². The van der Waals surface area contributed by atoms with Gasteiger partial charge in [-0.1, -0.05) is 6.07 Å². The summed E-state index contributed by atoms with van der Waals surface area (Å²) in [6, 6.07) is 8.61. The lowest BCUT2D eigenvalue weighted by Gasteiger charge is -2.27. The number of morpholine rings is 1. The van der Waals surface area contributed by atoms with Gasteiger partial charge in [0.25, 0.3) is 5.91 Å². The third-order valence-electron chi connectivity index (χ3n) is 4.05. The summed E-state index contributed by atoms with van der Waals surface area (Å²) in [6.07, 6.45) is 0. The Morgan fingerprint density at radius 1 is 1.24 bits per heavy atom. The van der Waals surface area contributed by atoms with E-state index in [-0.39, 0.29) is 5.91 Å². The van der Waals surface area contributed by atoms with Crippen molar-refractivity contribution in [3.8, 4) is 6.07 Å². The first kappa shape index (κ1) is 16.9. The van der Waals surface area contributed by atoms with E-state index in [1.165, 1.54) is 0 Å². The molecule has 7 nitrogen and oxygen atoms in total. The van der Waals surface area contributed by atoms with E-state index in [0.29, 0.717) is 47.4 Å². The van der Waals surface area contributed by atoms with Crippen LogP contribution in [0.4, 0.5) is 11.6 Å². The van der Waals surface area contributed by atoms with Crippen molar-refractivity contribution in [1.29, 1.82) is 5.26 Å². The fraction of sp³-hybridized carbons (Fsp3) is 0.333. The number of carbonyl (C=O) groups is 1. The topological polar surface area (TPSA) is 91.1 Å². The van der Waals surface area contributed by atoms with Crippen LogP contribution in [0.15, 0.2) is 24.3 Å². The van der Waals surface area contributed by atoms with Gasteiger partial charge in [-0.05, 0) is 32.0 Å². The van der Waals surface area contributed by atoms with Crippen molar-refractivity contribution >= 4 is 17.5 Å². The molecule has 0 aliphatic carbocycles. The molecule has 1 fully saturated rings. The maximum absolute atomic E-state index is 12.5. The molecule has 1 N–H and O–H groups in total. The van der Waals surface area contributed by atoms with Crippen LogP contribution in [0.3, 0.4) is 0 Å². The van der Waals surface area contributed by atoms with Crippen LogP contribution in [-0.4, -0.2) is 42.2 Å². The van der Waals surface area contributed by atoms with Gasteiger partial charge in [0.1, 0.15) is 0 Å². The lowest BCUT2D eigenvalue weighted by Crippen LogP contribution is -2.37. The molecule has 1 amide bonds. The molecular weight excluding hydrogens is 318 g/mol. The minimum absolute atomic E-state index is 0.286. The monoisotopic (exact) mass is 337 g/mol. The molecule has 2 heterocycles. The van der Waals surface area contributed by atoms with E-state index in [2.05, 4.69) is 20.2 Å². The number of nitrogens with zero attached hydrogens (tertiary/aromatic N) is 4. The highest BCUT2D eigenvalue weighted by Crippen LogP contribution is 2.22. The second-order valence-corrected chi connectivity index (χ2v) is 5.82. The molecule has 1 aromatic carbocycles. The number of hydrogen-bond donors (Lipinski definition) is 1. The summed E-state index contributed by atoms with van der Waals surface area (Å²) in [5.41, 5.74) is 2.89. The number of benzene rings is 1. The quantitative estimate of drug-likeness (QED) is 0.922. The van der Waals surface area contributed by atoms with Crippen molar-refractivity contribution in [2.24, 2.45) is 0 Å². The smallest absolute Gasteiger partial charge is 0.255 e. The second kappa shape index (κ2) is 7.28. The van der Waals surface area contributed by atoms with Gasteiger partial charge in [-0.15, -0.1) is 0 Å². The average molecular weight is 337 g/mol. The van der Waals surface area contributed by atoms with Crippen LogP contribution >= 0.6 is 0 Å². The molecule has 2 aromatic rings. The normalized spacial score (nSPS) is 14.0. The van der Waals surface area contributed by atoms with E-state index in [4.69, 9.17) is 10.00 Å². The second-order valence-electron chi connectivity index (χ2n) is 5.82. The minimum Gasteiger partial charge on any atom is -0.378 e. The van der Waals surface area contributed by atoms with Gasteiger partial charge in [0, 0.05) is 18.7 Å². The highest BCUT2D eigenvalue weighted by molar-refractivity contribution is 6.05. The van der Waals surface area contributed by atoms with E-state index >= 15 is 0 Å². The lowest BCUT2D eigenvalue weighted by molar-refractivity contribution is 0.102. The molecule has 0 saturated carbocycles. The molecule has 25 heavy (non-hydrogen) atoms. The third-order valence-corrected chi connectivity index (χ3v) is 4.05. The Balaban J connectivity index is 1.82. The Labute approximate surface area is 146 Å². The van der Waals surface area contributed by atoms with Crippen molar-refractivity contribution in [3.63, 3.8) is 0 Å². The molecule has 0 radical (unpaired) electrons. The number of anilines is 2. The highest BCUT2D eigenvalue weighted by atomic mass is 16.5. The van der Waals surface area contributed by atoms with Gasteiger partial charge < -0.3 is 15.0 Å². The van der Waals surface area contributed by atoms with Crippen LogP contribution in [0.5, 0.6) is 0 Å². The van der Waals surface area contributed by atoms with Crippen LogP contribution in [0, 0.1) is 25.2 Å². The molecule has 0 atom stereocenters. The average Bonchev–Trinajstić information content (AvgIpc) is 2.65. The number of aryl methyl sites for hydroxylation is 2. The van der Waals surface area contributed by atoms with E-state index in [1.807, 2.05) is 19.9 Å². The zero-order valence-electron chi connectivity index (χ0n) is 14.2. The summed E-state index contributed by atoms with van der Waals surface area (Å²) < 4.78 is 5.35. The summed E-state index contributed by atoms with van der Waals surface area (Å²) in [6.45, 7) is 6.53. The van der Waals surface area contributed by atoms with Crippen molar-refractivity contribution in [3.05, 3.63) is 46.8 Å². The Morgan fingerprint density at radius 2 is 1.92 bits per heavy atom. The molecule has 3 rings (SSSR count). The van der Waals surface area contributed by atoms with E-state index < -0.39 is 0 Å². The maximum Gasteiger partial charge on any atom is 0.255 e. The number of ether oxygens (including phenoxy) is 1. The molecule has 1 aliphatic heterocycles. The Hall–Kier alpha value is -2.98. The van der Waals surface area contributed by atoms with Gasteiger partial charge in [-0.2, -0.15) is 5.26 Å². The van der Waals surface area contributed by atoms with Crippen molar-refractivity contribution < 1.29 is 9.53 Å². The molecule has 1 saturated heterocycles. The molecular formula is C18H19N5O2. The number of carbonyl (C=O) groups excluding carboxylic acids is 1. The van der Waals surface area contributed by atoms with Crippen LogP contribution in [0.1, 0.15) is 27.3 Å². The van der Waals surface area contributed by atoms with Gasteiger partial charge >= 0.3 is 0 Å². The fourth-order valence-electron chi connectivity index (χ4n) is 2.70. The summed E-state index contributed by atoms with van der Waals surface area (Å²) >= 11 is 0. The zero-order valence-corrected chi connectivity index (χ0v) is 14.2. The van der Waals surface area contributed by atoms with Gasteiger partial charge in [0.15, 0.2) is 0 Å². The zero-order chi connectivity index (χ0) is 17.8. The molecule has 0 bridgehead atoms. The maximum atomic E-state index is 12.5. The largest absolute Gasteiger partial charge is 0.378 e. The van der Waals surface area contributed by atoms with Crippen molar-refractivity contribution in [2.45, 2.75) is 13.8 Å². The molecule has 1 aromatic heterocycles.